The van der Waals surface area contributed by atoms with E-state index >= 15 is 0 Å². The normalized spacial score (nSPS) is 14.8. The third-order valence-corrected chi connectivity index (χ3v) is 7.51. The Morgan fingerprint density at radius 2 is 1.61 bits per heavy atom. The van der Waals surface area contributed by atoms with Crippen LogP contribution < -0.4 is 5.32 Å². The second-order valence-corrected chi connectivity index (χ2v) is 10.4. The van der Waals surface area contributed by atoms with E-state index in [0.717, 1.165) is 39.9 Å². The standard InChI is InChI=1S/C28H28N2O4S2/c31-25(29-15-7-1-2-14-26(32)33)13-8-16-30-27(34)24(36-28(30)35)18-23-21-11-5-3-9-19(21)17-20-10-4-6-12-22(20)23/h3-6,9-12,17-18H,1-2,7-8,13-16H2,(H,29,31)(H,32,33)/b24-18-. The quantitative estimate of drug-likeness (QED) is 0.145. The van der Waals surface area contributed by atoms with Crippen LogP contribution in [0, 0.1) is 0 Å². The first-order chi connectivity index (χ1) is 17.4. The lowest BCUT2D eigenvalue weighted by atomic mass is 9.96. The number of amides is 2. The number of carbonyl (C=O) groups is 3. The molecule has 0 atom stereocenters. The molecule has 3 aromatic carbocycles. The summed E-state index contributed by atoms with van der Waals surface area (Å²) >= 11 is 6.80. The highest BCUT2D eigenvalue weighted by Crippen LogP contribution is 2.36. The molecule has 1 aliphatic rings. The molecule has 0 saturated carbocycles. The van der Waals surface area contributed by atoms with Crippen LogP contribution >= 0.6 is 24.0 Å². The zero-order chi connectivity index (χ0) is 25.5. The van der Waals surface area contributed by atoms with Crippen molar-refractivity contribution in [3.8, 4) is 0 Å². The Labute approximate surface area is 219 Å². The number of carbonyl (C=O) groups excluding carboxylic acids is 2. The number of carboxylic acids is 1. The molecule has 0 spiro atoms. The number of benzene rings is 3. The first-order valence-corrected chi connectivity index (χ1v) is 13.3. The zero-order valence-electron chi connectivity index (χ0n) is 19.9. The van der Waals surface area contributed by atoms with Crippen molar-refractivity contribution in [2.75, 3.05) is 13.1 Å². The summed E-state index contributed by atoms with van der Waals surface area (Å²) in [5.74, 6) is -0.993. The molecular weight excluding hydrogens is 492 g/mol. The molecule has 0 unspecified atom stereocenters. The van der Waals surface area contributed by atoms with E-state index in [-0.39, 0.29) is 18.2 Å². The Balaban J connectivity index is 1.37. The van der Waals surface area contributed by atoms with E-state index in [9.17, 15) is 14.4 Å². The summed E-state index contributed by atoms with van der Waals surface area (Å²) in [5.41, 5.74) is 1.01. The number of aliphatic carboxylic acids is 1. The lowest BCUT2D eigenvalue weighted by molar-refractivity contribution is -0.137. The van der Waals surface area contributed by atoms with E-state index in [4.69, 9.17) is 17.3 Å². The van der Waals surface area contributed by atoms with E-state index < -0.39 is 5.97 Å². The summed E-state index contributed by atoms with van der Waals surface area (Å²) < 4.78 is 0.509. The molecule has 1 saturated heterocycles. The topological polar surface area (TPSA) is 86.7 Å². The first-order valence-electron chi connectivity index (χ1n) is 12.1. The molecule has 0 radical (unpaired) electrons. The van der Waals surface area contributed by atoms with E-state index in [1.807, 2.05) is 30.3 Å². The summed E-state index contributed by atoms with van der Waals surface area (Å²) in [6.07, 6.45) is 5.05. The molecule has 8 heteroatoms. The van der Waals surface area contributed by atoms with Crippen molar-refractivity contribution < 1.29 is 19.5 Å². The highest BCUT2D eigenvalue weighted by molar-refractivity contribution is 8.26. The summed E-state index contributed by atoms with van der Waals surface area (Å²) in [6.45, 7) is 0.922. The summed E-state index contributed by atoms with van der Waals surface area (Å²) in [4.78, 5) is 38.0. The lowest BCUT2D eigenvalue weighted by Gasteiger charge is -2.14. The number of hydrogen-bond acceptors (Lipinski definition) is 5. The van der Waals surface area contributed by atoms with Gasteiger partial charge >= 0.3 is 5.97 Å². The summed E-state index contributed by atoms with van der Waals surface area (Å²) in [5, 5.41) is 15.9. The molecule has 4 rings (SSSR count). The summed E-state index contributed by atoms with van der Waals surface area (Å²) in [6, 6.07) is 18.5. The Morgan fingerprint density at radius 3 is 2.28 bits per heavy atom. The van der Waals surface area contributed by atoms with Crippen LogP contribution in [0.25, 0.3) is 27.6 Å². The van der Waals surface area contributed by atoms with Gasteiger partial charge < -0.3 is 10.4 Å². The van der Waals surface area contributed by atoms with Gasteiger partial charge in [-0.25, -0.2) is 0 Å². The third-order valence-electron chi connectivity index (χ3n) is 6.14. The maximum Gasteiger partial charge on any atom is 0.303 e. The number of thioether (sulfide) groups is 1. The lowest BCUT2D eigenvalue weighted by Crippen LogP contribution is -2.31. The molecular formula is C28H28N2O4S2. The second-order valence-electron chi connectivity index (χ2n) is 8.72. The van der Waals surface area contributed by atoms with E-state index in [1.54, 1.807) is 4.90 Å². The van der Waals surface area contributed by atoms with Crippen molar-refractivity contribution in [2.24, 2.45) is 0 Å². The molecule has 6 nitrogen and oxygen atoms in total. The highest BCUT2D eigenvalue weighted by atomic mass is 32.2. The predicted octanol–water partition coefficient (Wildman–Crippen LogP) is 5.74. The van der Waals surface area contributed by atoms with Gasteiger partial charge in [-0.15, -0.1) is 0 Å². The van der Waals surface area contributed by atoms with Gasteiger partial charge in [-0.05, 0) is 58.5 Å². The Hall–Kier alpha value is -3.23. The minimum absolute atomic E-state index is 0.0727. The van der Waals surface area contributed by atoms with E-state index in [0.29, 0.717) is 41.6 Å². The van der Waals surface area contributed by atoms with Crippen molar-refractivity contribution >= 4 is 73.7 Å². The van der Waals surface area contributed by atoms with Crippen molar-refractivity contribution in [1.29, 1.82) is 0 Å². The molecule has 0 bridgehead atoms. The van der Waals surface area contributed by atoms with Gasteiger partial charge in [0.25, 0.3) is 5.91 Å². The number of rotatable bonds is 11. The average Bonchev–Trinajstić information content (AvgIpc) is 3.13. The van der Waals surface area contributed by atoms with Gasteiger partial charge in [0.05, 0.1) is 4.91 Å². The van der Waals surface area contributed by atoms with Gasteiger partial charge in [-0.1, -0.05) is 78.9 Å². The minimum Gasteiger partial charge on any atom is -0.481 e. The number of nitrogens with one attached hydrogen (secondary N) is 1. The van der Waals surface area contributed by atoms with E-state index in [1.165, 1.54) is 11.8 Å². The molecule has 36 heavy (non-hydrogen) atoms. The van der Waals surface area contributed by atoms with Gasteiger partial charge in [0.2, 0.25) is 5.91 Å². The Bertz CT molecular complexity index is 1300. The van der Waals surface area contributed by atoms with E-state index in [2.05, 4.69) is 35.6 Å². The largest absolute Gasteiger partial charge is 0.481 e. The fourth-order valence-corrected chi connectivity index (χ4v) is 5.61. The molecule has 1 fully saturated rings. The van der Waals surface area contributed by atoms with Crippen LogP contribution in [0.5, 0.6) is 0 Å². The maximum absolute atomic E-state index is 13.2. The zero-order valence-corrected chi connectivity index (χ0v) is 21.5. The molecule has 3 aromatic rings. The summed E-state index contributed by atoms with van der Waals surface area (Å²) in [7, 11) is 0. The van der Waals surface area contributed by atoms with Gasteiger partial charge in [-0.2, -0.15) is 0 Å². The Kier molecular flexibility index (Phi) is 8.72. The average molecular weight is 521 g/mol. The van der Waals surface area contributed by atoms with Crippen LogP contribution in [-0.2, 0) is 14.4 Å². The van der Waals surface area contributed by atoms with Crippen LogP contribution in [0.2, 0.25) is 0 Å². The Morgan fingerprint density at radius 1 is 0.944 bits per heavy atom. The fourth-order valence-electron chi connectivity index (χ4n) is 4.32. The monoisotopic (exact) mass is 520 g/mol. The molecule has 2 amide bonds. The van der Waals surface area contributed by atoms with Crippen molar-refractivity contribution in [3.63, 3.8) is 0 Å². The molecule has 1 aliphatic heterocycles. The van der Waals surface area contributed by atoms with Crippen LogP contribution in [-0.4, -0.2) is 45.2 Å². The van der Waals surface area contributed by atoms with Gasteiger partial charge in [-0.3, -0.25) is 19.3 Å². The second kappa shape index (κ2) is 12.1. The maximum atomic E-state index is 13.2. The van der Waals surface area contributed by atoms with Crippen molar-refractivity contribution in [1.82, 2.24) is 10.2 Å². The van der Waals surface area contributed by atoms with Crippen LogP contribution in [0.4, 0.5) is 0 Å². The van der Waals surface area contributed by atoms with Crippen LogP contribution in [0.3, 0.4) is 0 Å². The SMILES string of the molecule is O=C(O)CCCCCNC(=O)CCCN1C(=O)/C(=C/c2c3ccccc3cc3ccccc23)SC1=S. The number of nitrogens with zero attached hydrogens (tertiary/aromatic N) is 1. The van der Waals surface area contributed by atoms with Gasteiger partial charge in [0.15, 0.2) is 0 Å². The number of thiocarbonyl (C=S) groups is 1. The smallest absolute Gasteiger partial charge is 0.303 e. The molecule has 1 heterocycles. The number of fused-ring (bicyclic) bond motifs is 2. The van der Waals surface area contributed by atoms with Crippen molar-refractivity contribution in [3.05, 3.63) is 65.1 Å². The van der Waals surface area contributed by atoms with Crippen LogP contribution in [0.1, 0.15) is 44.1 Å². The van der Waals surface area contributed by atoms with Crippen molar-refractivity contribution in [2.45, 2.75) is 38.5 Å². The molecule has 186 valence electrons. The van der Waals surface area contributed by atoms with Gasteiger partial charge in [0.1, 0.15) is 4.32 Å². The minimum atomic E-state index is -0.796. The molecule has 0 aromatic heterocycles. The number of unbranched alkanes of at least 4 members (excludes halogenated alkanes) is 2. The fraction of sp³-hybridized carbons (Fsp3) is 0.286. The number of carboxylic acid groups (broad SMARTS) is 1. The molecule has 0 aliphatic carbocycles. The highest BCUT2D eigenvalue weighted by Gasteiger charge is 2.32. The third kappa shape index (κ3) is 6.30. The number of hydrogen-bond donors (Lipinski definition) is 2. The van der Waals surface area contributed by atoms with Crippen LogP contribution in [0.15, 0.2) is 59.5 Å². The molecule has 2 N–H and O–H groups in total. The first kappa shape index (κ1) is 25.9. The predicted molar refractivity (Wildman–Crippen MR) is 150 cm³/mol. The van der Waals surface area contributed by atoms with Gasteiger partial charge in [0, 0.05) is 25.9 Å².